The number of carboxylic acid groups (broad SMARTS) is 1. The molecule has 2 N–H and O–H groups in total. The van der Waals surface area contributed by atoms with E-state index in [9.17, 15) is 9.90 Å². The first-order valence-electron chi connectivity index (χ1n) is 9.90. The zero-order chi connectivity index (χ0) is 16.9. The number of aliphatic carboxylic acids is 1. The van der Waals surface area contributed by atoms with E-state index in [0.29, 0.717) is 12.3 Å². The molecule has 1 radical (unpaired) electrons. The quantitative estimate of drug-likeness (QED) is 0.390. The molecule has 2 atom stereocenters. The highest BCUT2D eigenvalue weighted by Gasteiger charge is 2.31. The molecule has 3 nitrogen and oxygen atoms in total. The van der Waals surface area contributed by atoms with Crippen LogP contribution >= 0.6 is 0 Å². The van der Waals surface area contributed by atoms with Gasteiger partial charge in [-0.05, 0) is 43.9 Å². The molecule has 0 aliphatic heterocycles. The van der Waals surface area contributed by atoms with E-state index in [-0.39, 0.29) is 0 Å². The standard InChI is InChI=1S/C20H37O3/c1-2-3-4-5-6-7-8-9-10-11-12-17-13-14-18(17)15-16-19(21)20(22)23/h17,19,21H,2-16H2,1H3,(H,22,23). The molecule has 1 fully saturated rings. The largest absolute Gasteiger partial charge is 0.479 e. The van der Waals surface area contributed by atoms with Gasteiger partial charge in [-0.15, -0.1) is 0 Å². The third-order valence-corrected chi connectivity index (χ3v) is 5.32. The van der Waals surface area contributed by atoms with Crippen LogP contribution in [-0.4, -0.2) is 22.3 Å². The Morgan fingerprint density at radius 3 is 2.09 bits per heavy atom. The Morgan fingerprint density at radius 2 is 1.61 bits per heavy atom. The normalized spacial score (nSPS) is 19.5. The first kappa shape index (κ1) is 20.5. The predicted molar refractivity (Wildman–Crippen MR) is 95.3 cm³/mol. The maximum atomic E-state index is 10.6. The summed E-state index contributed by atoms with van der Waals surface area (Å²) in [4.78, 5) is 10.6. The molecule has 3 heteroatoms. The van der Waals surface area contributed by atoms with Crippen molar-refractivity contribution < 1.29 is 15.0 Å². The van der Waals surface area contributed by atoms with Crippen LogP contribution in [0.4, 0.5) is 0 Å². The van der Waals surface area contributed by atoms with Crippen molar-refractivity contribution in [3.63, 3.8) is 0 Å². The van der Waals surface area contributed by atoms with Gasteiger partial charge in [0, 0.05) is 0 Å². The highest BCUT2D eigenvalue weighted by molar-refractivity contribution is 5.71. The number of aliphatic hydroxyl groups excluding tert-OH is 1. The monoisotopic (exact) mass is 325 g/mol. The van der Waals surface area contributed by atoms with Crippen molar-refractivity contribution in [2.24, 2.45) is 5.92 Å². The third-order valence-electron chi connectivity index (χ3n) is 5.32. The average molecular weight is 326 g/mol. The average Bonchev–Trinajstić information content (AvgIpc) is 2.51. The molecule has 0 amide bonds. The van der Waals surface area contributed by atoms with E-state index in [2.05, 4.69) is 6.92 Å². The zero-order valence-corrected chi connectivity index (χ0v) is 15.1. The molecule has 0 bridgehead atoms. The van der Waals surface area contributed by atoms with Crippen molar-refractivity contribution in [3.05, 3.63) is 5.92 Å². The summed E-state index contributed by atoms with van der Waals surface area (Å²) in [5.41, 5.74) is 0. The second-order valence-corrected chi connectivity index (χ2v) is 7.26. The van der Waals surface area contributed by atoms with Crippen molar-refractivity contribution in [2.45, 2.75) is 109 Å². The Bertz CT molecular complexity index is 303. The lowest BCUT2D eigenvalue weighted by Gasteiger charge is -2.36. The van der Waals surface area contributed by atoms with E-state index in [1.165, 1.54) is 83.0 Å². The summed E-state index contributed by atoms with van der Waals surface area (Å²) in [6.45, 7) is 2.26. The molecular weight excluding hydrogens is 288 g/mol. The van der Waals surface area contributed by atoms with Crippen LogP contribution in [0.25, 0.3) is 0 Å². The van der Waals surface area contributed by atoms with E-state index < -0.39 is 12.1 Å². The molecular formula is C20H37O3. The molecule has 2 unspecified atom stereocenters. The minimum atomic E-state index is -1.18. The number of aliphatic hydroxyl groups is 1. The summed E-state index contributed by atoms with van der Waals surface area (Å²) < 4.78 is 0. The molecule has 0 heterocycles. The van der Waals surface area contributed by atoms with E-state index in [1.54, 1.807) is 0 Å². The van der Waals surface area contributed by atoms with Crippen LogP contribution < -0.4 is 0 Å². The fourth-order valence-corrected chi connectivity index (χ4v) is 3.55. The number of carboxylic acids is 1. The van der Waals surface area contributed by atoms with Crippen molar-refractivity contribution >= 4 is 5.97 Å². The Labute approximate surface area is 142 Å². The molecule has 23 heavy (non-hydrogen) atoms. The maximum Gasteiger partial charge on any atom is 0.332 e. The second kappa shape index (κ2) is 12.8. The molecule has 0 spiro atoms. The van der Waals surface area contributed by atoms with Gasteiger partial charge in [0.05, 0.1) is 0 Å². The van der Waals surface area contributed by atoms with Gasteiger partial charge in [0.2, 0.25) is 0 Å². The van der Waals surface area contributed by atoms with Gasteiger partial charge in [-0.1, -0.05) is 71.1 Å². The van der Waals surface area contributed by atoms with Crippen molar-refractivity contribution in [2.75, 3.05) is 0 Å². The van der Waals surface area contributed by atoms with Crippen molar-refractivity contribution in [1.82, 2.24) is 0 Å². The summed E-state index contributed by atoms with van der Waals surface area (Å²) in [7, 11) is 0. The van der Waals surface area contributed by atoms with E-state index in [1.807, 2.05) is 0 Å². The van der Waals surface area contributed by atoms with Crippen molar-refractivity contribution in [3.8, 4) is 0 Å². The van der Waals surface area contributed by atoms with E-state index in [0.717, 1.165) is 12.8 Å². The van der Waals surface area contributed by atoms with Crippen LogP contribution in [0, 0.1) is 11.8 Å². The number of hydrogen-bond donors (Lipinski definition) is 2. The lowest BCUT2D eigenvalue weighted by Crippen LogP contribution is -2.27. The molecule has 1 saturated carbocycles. The third kappa shape index (κ3) is 9.34. The van der Waals surface area contributed by atoms with Gasteiger partial charge in [-0.25, -0.2) is 4.79 Å². The first-order chi connectivity index (χ1) is 11.1. The highest BCUT2D eigenvalue weighted by Crippen LogP contribution is 2.43. The van der Waals surface area contributed by atoms with Crippen LogP contribution in [0.3, 0.4) is 0 Å². The van der Waals surface area contributed by atoms with Gasteiger partial charge in [0.25, 0.3) is 0 Å². The second-order valence-electron chi connectivity index (χ2n) is 7.26. The predicted octanol–water partition coefficient (Wildman–Crippen LogP) is 5.51. The fourth-order valence-electron chi connectivity index (χ4n) is 3.55. The van der Waals surface area contributed by atoms with Crippen LogP contribution in [0.2, 0.25) is 0 Å². The number of hydrogen-bond acceptors (Lipinski definition) is 2. The molecule has 0 aromatic rings. The summed E-state index contributed by atoms with van der Waals surface area (Å²) in [6.07, 6.45) is 17.5. The van der Waals surface area contributed by atoms with E-state index in [4.69, 9.17) is 5.11 Å². The number of rotatable bonds is 15. The highest BCUT2D eigenvalue weighted by atomic mass is 16.4. The molecule has 1 aliphatic carbocycles. The lowest BCUT2D eigenvalue weighted by molar-refractivity contribution is -0.146. The Morgan fingerprint density at radius 1 is 1.04 bits per heavy atom. The fraction of sp³-hybridized carbons (Fsp3) is 0.900. The van der Waals surface area contributed by atoms with Crippen LogP contribution in [0.5, 0.6) is 0 Å². The van der Waals surface area contributed by atoms with E-state index >= 15 is 0 Å². The van der Waals surface area contributed by atoms with Gasteiger partial charge in [-0.2, -0.15) is 0 Å². The molecule has 1 rings (SSSR count). The lowest BCUT2D eigenvalue weighted by atomic mass is 9.69. The Hall–Kier alpha value is -0.570. The molecule has 1 aliphatic rings. The molecule has 135 valence electrons. The maximum absolute atomic E-state index is 10.6. The zero-order valence-electron chi connectivity index (χ0n) is 15.1. The van der Waals surface area contributed by atoms with Crippen molar-refractivity contribution in [1.29, 1.82) is 0 Å². The number of unbranched alkanes of at least 4 members (excludes halogenated alkanes) is 9. The molecule has 0 saturated heterocycles. The van der Waals surface area contributed by atoms with Gasteiger partial charge in [-0.3, -0.25) is 0 Å². The van der Waals surface area contributed by atoms with Crippen LogP contribution in [0.15, 0.2) is 0 Å². The summed E-state index contributed by atoms with van der Waals surface area (Å²) >= 11 is 0. The first-order valence-corrected chi connectivity index (χ1v) is 9.90. The summed E-state index contributed by atoms with van der Waals surface area (Å²) in [5, 5.41) is 18.0. The Kier molecular flexibility index (Phi) is 11.4. The Balaban J connectivity index is 1.89. The van der Waals surface area contributed by atoms with Gasteiger partial charge in [0.1, 0.15) is 0 Å². The van der Waals surface area contributed by atoms with Crippen LogP contribution in [0.1, 0.15) is 103 Å². The van der Waals surface area contributed by atoms with Crippen LogP contribution in [-0.2, 0) is 4.79 Å². The van der Waals surface area contributed by atoms with Gasteiger partial charge >= 0.3 is 5.97 Å². The summed E-state index contributed by atoms with van der Waals surface area (Å²) in [5.74, 6) is 1.13. The van der Waals surface area contributed by atoms with Gasteiger partial charge in [0.15, 0.2) is 6.10 Å². The topological polar surface area (TPSA) is 57.5 Å². The van der Waals surface area contributed by atoms with Gasteiger partial charge < -0.3 is 10.2 Å². The minimum absolute atomic E-state index is 0.388. The minimum Gasteiger partial charge on any atom is -0.479 e. The molecule has 0 aromatic heterocycles. The summed E-state index contributed by atoms with van der Waals surface area (Å²) in [6, 6.07) is 0. The molecule has 0 aromatic carbocycles. The SMILES string of the molecule is CCCCCCCCCCCCC1CC[C]1CCC(O)C(=O)O. The smallest absolute Gasteiger partial charge is 0.332 e. The number of carbonyl (C=O) groups is 1.